The molecule has 2 heterocycles. The number of para-hydroxylation sites is 1. The lowest BCUT2D eigenvalue weighted by Gasteiger charge is -2.33. The van der Waals surface area contributed by atoms with E-state index in [1.165, 1.54) is 31.2 Å². The molecule has 32 heavy (non-hydrogen) atoms. The number of benzene rings is 2. The van der Waals surface area contributed by atoms with Gasteiger partial charge in [-0.2, -0.15) is 8.42 Å². The molecule has 8 nitrogen and oxygen atoms in total. The van der Waals surface area contributed by atoms with Gasteiger partial charge in [0.25, 0.3) is 15.9 Å². The van der Waals surface area contributed by atoms with E-state index in [-0.39, 0.29) is 17.1 Å². The number of hydrogen-bond acceptors (Lipinski definition) is 6. The van der Waals surface area contributed by atoms with Crippen LogP contribution in [-0.4, -0.2) is 50.2 Å². The molecule has 2 aromatic rings. The Kier molecular flexibility index (Phi) is 5.96. The predicted octanol–water partition coefficient (Wildman–Crippen LogP) is 2.56. The summed E-state index contributed by atoms with van der Waals surface area (Å²) < 4.78 is 47.7. The number of amidine groups is 1. The number of halogens is 1. The molecule has 4 rings (SSSR count). The van der Waals surface area contributed by atoms with Gasteiger partial charge in [0.2, 0.25) is 0 Å². The number of carbonyl (C=O) groups is 2. The second-order valence-electron chi connectivity index (χ2n) is 7.72. The lowest BCUT2D eigenvalue weighted by atomic mass is 9.97. The molecule has 1 N–H and O–H groups in total. The normalized spacial score (nSPS) is 20.1. The fourth-order valence-corrected chi connectivity index (χ4v) is 5.03. The third-order valence-electron chi connectivity index (χ3n) is 5.46. The summed E-state index contributed by atoms with van der Waals surface area (Å²) >= 11 is 0. The van der Waals surface area contributed by atoms with Gasteiger partial charge in [0.05, 0.1) is 11.6 Å². The highest BCUT2D eigenvalue weighted by atomic mass is 32.2. The van der Waals surface area contributed by atoms with Crippen molar-refractivity contribution in [1.29, 1.82) is 0 Å². The summed E-state index contributed by atoms with van der Waals surface area (Å²) in [5.74, 6) is -2.03. The summed E-state index contributed by atoms with van der Waals surface area (Å²) in [6.07, 6.45) is 0.0533. The van der Waals surface area contributed by atoms with Crippen LogP contribution in [-0.2, 0) is 24.3 Å². The van der Waals surface area contributed by atoms with Gasteiger partial charge in [0, 0.05) is 18.7 Å². The highest BCUT2D eigenvalue weighted by molar-refractivity contribution is 7.90. The molecule has 0 aliphatic carbocycles. The number of likely N-dealkylation sites (tertiary alicyclic amines) is 1. The predicted molar refractivity (Wildman–Crippen MR) is 115 cm³/mol. The molecule has 0 unspecified atom stereocenters. The van der Waals surface area contributed by atoms with Crippen molar-refractivity contribution in [2.24, 2.45) is 10.3 Å². The Labute approximate surface area is 185 Å². The molecule has 2 aliphatic rings. The first-order valence-electron chi connectivity index (χ1n) is 10.2. The quantitative estimate of drug-likeness (QED) is 0.705. The molecule has 0 spiro atoms. The Morgan fingerprint density at radius 2 is 1.91 bits per heavy atom. The van der Waals surface area contributed by atoms with Crippen LogP contribution in [0.15, 0.2) is 57.8 Å². The van der Waals surface area contributed by atoms with E-state index >= 15 is 0 Å². The van der Waals surface area contributed by atoms with Crippen molar-refractivity contribution in [3.63, 3.8) is 0 Å². The van der Waals surface area contributed by atoms with Crippen LogP contribution in [0, 0.1) is 11.7 Å². The molecular weight excluding hydrogens is 437 g/mol. The van der Waals surface area contributed by atoms with E-state index < -0.39 is 39.7 Å². The zero-order chi connectivity index (χ0) is 22.9. The number of fused-ring (bicyclic) bond motifs is 1. The molecule has 1 fully saturated rings. The van der Waals surface area contributed by atoms with E-state index in [1.54, 1.807) is 29.2 Å². The van der Waals surface area contributed by atoms with Crippen LogP contribution in [0.3, 0.4) is 0 Å². The summed E-state index contributed by atoms with van der Waals surface area (Å²) in [5.41, 5.74) is 0.516. The fraction of sp³-hybridized carbons (Fsp3) is 0.318. The third kappa shape index (κ3) is 4.36. The van der Waals surface area contributed by atoms with E-state index in [1.807, 2.05) is 0 Å². The molecule has 1 amide bonds. The first kappa shape index (κ1) is 21.9. The minimum absolute atomic E-state index is 0.00311. The van der Waals surface area contributed by atoms with Crippen molar-refractivity contribution < 1.29 is 27.1 Å². The van der Waals surface area contributed by atoms with E-state index in [0.717, 1.165) is 0 Å². The van der Waals surface area contributed by atoms with Crippen LogP contribution in [0.1, 0.15) is 25.3 Å². The molecule has 0 bridgehead atoms. The SMILES string of the molecule is C[C@H](OC(=O)[C@@H]1CCCN(C2=NS(=O)(=O)c3ccccc32)C1)C(=O)Nc1ccccc1F. The number of piperidine rings is 1. The van der Waals surface area contributed by atoms with Crippen molar-refractivity contribution in [1.82, 2.24) is 4.90 Å². The van der Waals surface area contributed by atoms with Crippen molar-refractivity contribution >= 4 is 33.4 Å². The summed E-state index contributed by atoms with van der Waals surface area (Å²) in [7, 11) is -3.76. The Bertz CT molecular complexity index is 1200. The molecule has 10 heteroatoms. The number of sulfonamides is 1. The zero-order valence-electron chi connectivity index (χ0n) is 17.3. The number of amides is 1. The summed E-state index contributed by atoms with van der Waals surface area (Å²) in [4.78, 5) is 26.9. The van der Waals surface area contributed by atoms with E-state index in [0.29, 0.717) is 30.8 Å². The molecule has 168 valence electrons. The topological polar surface area (TPSA) is 105 Å². The first-order chi connectivity index (χ1) is 15.3. The average molecular weight is 459 g/mol. The second-order valence-corrected chi connectivity index (χ2v) is 9.29. The lowest BCUT2D eigenvalue weighted by Crippen LogP contribution is -2.44. The smallest absolute Gasteiger partial charge is 0.311 e. The van der Waals surface area contributed by atoms with Gasteiger partial charge in [-0.25, -0.2) is 4.39 Å². The monoisotopic (exact) mass is 459 g/mol. The molecule has 2 atom stereocenters. The van der Waals surface area contributed by atoms with Crippen LogP contribution in [0.4, 0.5) is 10.1 Å². The summed E-state index contributed by atoms with van der Waals surface area (Å²) in [6, 6.07) is 12.3. The Hall–Kier alpha value is -3.27. The maximum Gasteiger partial charge on any atom is 0.311 e. The maximum atomic E-state index is 13.7. The Morgan fingerprint density at radius 3 is 2.69 bits per heavy atom. The fourth-order valence-electron chi connectivity index (χ4n) is 3.80. The lowest BCUT2D eigenvalue weighted by molar-refractivity contribution is -0.158. The summed E-state index contributed by atoms with van der Waals surface area (Å²) in [5, 5.41) is 2.40. The number of nitrogens with zero attached hydrogens (tertiary/aromatic N) is 2. The Balaban J connectivity index is 1.41. The van der Waals surface area contributed by atoms with Gasteiger partial charge in [-0.3, -0.25) is 9.59 Å². The number of ether oxygens (including phenoxy) is 1. The number of rotatable bonds is 4. The molecule has 1 saturated heterocycles. The van der Waals surface area contributed by atoms with Crippen molar-refractivity contribution in [3.05, 3.63) is 59.9 Å². The van der Waals surface area contributed by atoms with Gasteiger partial charge < -0.3 is 15.0 Å². The van der Waals surface area contributed by atoms with Gasteiger partial charge in [0.15, 0.2) is 11.9 Å². The standard InChI is InChI=1S/C22H22FN3O5S/c1-14(21(27)24-18-10-4-3-9-17(18)23)31-22(28)15-7-6-12-26(13-15)20-16-8-2-5-11-19(16)32(29,30)25-20/h2-5,8-11,14-15H,6-7,12-13H2,1H3,(H,24,27)/t14-,15+/m0/s1. The minimum Gasteiger partial charge on any atom is -0.452 e. The highest BCUT2D eigenvalue weighted by Gasteiger charge is 2.36. The second kappa shape index (κ2) is 8.70. The first-order valence-corrected chi connectivity index (χ1v) is 11.7. The number of anilines is 1. The molecule has 2 aliphatic heterocycles. The molecule has 0 aromatic heterocycles. The zero-order valence-corrected chi connectivity index (χ0v) is 18.1. The van der Waals surface area contributed by atoms with Crippen molar-refractivity contribution in [2.75, 3.05) is 18.4 Å². The number of nitrogens with one attached hydrogen (secondary N) is 1. The third-order valence-corrected chi connectivity index (χ3v) is 6.79. The number of esters is 1. The van der Waals surface area contributed by atoms with Gasteiger partial charge >= 0.3 is 5.97 Å². The molecule has 0 radical (unpaired) electrons. The molecule has 2 aromatic carbocycles. The number of hydrogen-bond donors (Lipinski definition) is 1. The van der Waals surface area contributed by atoms with E-state index in [2.05, 4.69) is 9.71 Å². The van der Waals surface area contributed by atoms with Crippen LogP contribution in [0.2, 0.25) is 0 Å². The Morgan fingerprint density at radius 1 is 1.19 bits per heavy atom. The van der Waals surface area contributed by atoms with Crippen LogP contribution in [0.5, 0.6) is 0 Å². The largest absolute Gasteiger partial charge is 0.452 e. The summed E-state index contributed by atoms with van der Waals surface area (Å²) in [6.45, 7) is 2.19. The number of carbonyl (C=O) groups excluding carboxylic acids is 2. The average Bonchev–Trinajstić information content (AvgIpc) is 3.06. The van der Waals surface area contributed by atoms with Gasteiger partial charge in [0.1, 0.15) is 10.7 Å². The van der Waals surface area contributed by atoms with Gasteiger partial charge in [-0.1, -0.05) is 24.3 Å². The van der Waals surface area contributed by atoms with Crippen LogP contribution >= 0.6 is 0 Å². The minimum atomic E-state index is -3.76. The van der Waals surface area contributed by atoms with E-state index in [9.17, 15) is 22.4 Å². The van der Waals surface area contributed by atoms with Crippen molar-refractivity contribution in [2.45, 2.75) is 30.8 Å². The van der Waals surface area contributed by atoms with Crippen LogP contribution in [0.25, 0.3) is 0 Å². The van der Waals surface area contributed by atoms with E-state index in [4.69, 9.17) is 4.74 Å². The van der Waals surface area contributed by atoms with Gasteiger partial charge in [-0.05, 0) is 44.0 Å². The molecule has 0 saturated carbocycles. The van der Waals surface area contributed by atoms with Gasteiger partial charge in [-0.15, -0.1) is 4.40 Å². The highest BCUT2D eigenvalue weighted by Crippen LogP contribution is 2.30. The molecular formula is C22H22FN3O5S. The van der Waals surface area contributed by atoms with Crippen molar-refractivity contribution in [3.8, 4) is 0 Å². The maximum absolute atomic E-state index is 13.7. The van der Waals surface area contributed by atoms with Crippen LogP contribution < -0.4 is 5.32 Å².